The molecule has 4 saturated heterocycles. The number of aliphatic hydroxyl groups is 10. The lowest BCUT2D eigenvalue weighted by molar-refractivity contribution is -0.347. The van der Waals surface area contributed by atoms with Gasteiger partial charge in [0, 0.05) is 12.5 Å². The summed E-state index contributed by atoms with van der Waals surface area (Å²) in [5.74, 6) is 0. The third kappa shape index (κ3) is 8.28. The minimum atomic E-state index is -1.75. The summed E-state index contributed by atoms with van der Waals surface area (Å²) in [6, 6.07) is -3.07. The van der Waals surface area contributed by atoms with E-state index in [0.717, 1.165) is 0 Å². The molecule has 1 aliphatic carbocycles. The zero-order chi connectivity index (χ0) is 36.6. The Balaban J connectivity index is 1.23. The van der Waals surface area contributed by atoms with Gasteiger partial charge in [-0.25, -0.2) is 0 Å². The van der Waals surface area contributed by atoms with E-state index in [0.29, 0.717) is 6.42 Å². The van der Waals surface area contributed by atoms with Crippen molar-refractivity contribution in [2.75, 3.05) is 19.8 Å². The van der Waals surface area contributed by atoms with Gasteiger partial charge in [-0.05, 0) is 19.8 Å². The highest BCUT2D eigenvalue weighted by molar-refractivity contribution is 4.98. The lowest BCUT2D eigenvalue weighted by Gasteiger charge is -2.46. The minimum Gasteiger partial charge on any atom is -0.394 e. The van der Waals surface area contributed by atoms with Crippen LogP contribution in [0.3, 0.4) is 0 Å². The summed E-state index contributed by atoms with van der Waals surface area (Å²) in [4.78, 5) is 0. The van der Waals surface area contributed by atoms with Crippen LogP contribution >= 0.6 is 0 Å². The van der Waals surface area contributed by atoms with Crippen LogP contribution in [0.25, 0.3) is 0 Å². The fourth-order valence-corrected chi connectivity index (χ4v) is 6.95. The summed E-state index contributed by atoms with van der Waals surface area (Å²) >= 11 is 0. The number of nitrogens with two attached hydrogens (primary N) is 3. The first-order valence-corrected chi connectivity index (χ1v) is 16.8. The Kier molecular flexibility index (Phi) is 13.8. The molecule has 4 aliphatic heterocycles. The van der Waals surface area contributed by atoms with Gasteiger partial charge < -0.3 is 106 Å². The van der Waals surface area contributed by atoms with E-state index >= 15 is 0 Å². The van der Waals surface area contributed by atoms with Gasteiger partial charge in [-0.3, -0.25) is 0 Å². The van der Waals surface area contributed by atoms with Crippen LogP contribution < -0.4 is 17.2 Å². The van der Waals surface area contributed by atoms with Gasteiger partial charge in [0.25, 0.3) is 0 Å². The molecular formula is C29H53N3O18. The molecule has 5 fully saturated rings. The highest BCUT2D eigenvalue weighted by Gasteiger charge is 2.54. The van der Waals surface area contributed by atoms with Crippen molar-refractivity contribution in [2.24, 2.45) is 17.2 Å². The molecule has 50 heavy (non-hydrogen) atoms. The molecule has 0 spiro atoms. The van der Waals surface area contributed by atoms with E-state index in [-0.39, 0.29) is 19.4 Å². The van der Waals surface area contributed by atoms with Gasteiger partial charge in [0.05, 0.1) is 62.4 Å². The maximum absolute atomic E-state index is 11.3. The summed E-state index contributed by atoms with van der Waals surface area (Å²) in [6.45, 7) is -0.262. The molecule has 22 atom stereocenters. The smallest absolute Gasteiger partial charge is 0.187 e. The molecule has 21 nitrogen and oxygen atoms in total. The first-order chi connectivity index (χ1) is 23.7. The molecule has 0 radical (unpaired) electrons. The summed E-state index contributed by atoms with van der Waals surface area (Å²) in [5.41, 5.74) is 18.5. The zero-order valence-electron chi connectivity index (χ0n) is 27.4. The maximum Gasteiger partial charge on any atom is 0.187 e. The summed E-state index contributed by atoms with van der Waals surface area (Å²) < 4.78 is 46.4. The lowest BCUT2D eigenvalue weighted by atomic mass is 9.87. The SMILES string of the molecule is CC1OC(OC2C(CO)OC(OC3C(OC4OC(CO)CC(O)C4N)CCC(N)C3O)C2O)C(N)C(O)C1OC1OC(CO)C(O)C(O)C1O. The van der Waals surface area contributed by atoms with E-state index in [1.165, 1.54) is 6.92 Å². The Morgan fingerprint density at radius 1 is 0.540 bits per heavy atom. The van der Waals surface area contributed by atoms with Gasteiger partial charge in [0.1, 0.15) is 61.0 Å². The molecule has 292 valence electrons. The predicted octanol–water partition coefficient (Wildman–Crippen LogP) is -7.88. The van der Waals surface area contributed by atoms with Gasteiger partial charge >= 0.3 is 0 Å². The van der Waals surface area contributed by atoms with Gasteiger partial charge in [-0.2, -0.15) is 0 Å². The quantitative estimate of drug-likeness (QED) is 0.0938. The fourth-order valence-electron chi connectivity index (χ4n) is 6.95. The Hall–Kier alpha value is -0.840. The van der Waals surface area contributed by atoms with E-state index in [9.17, 15) is 51.1 Å². The molecule has 5 aliphatic rings. The molecule has 0 bridgehead atoms. The Labute approximate surface area is 287 Å². The second-order valence-corrected chi connectivity index (χ2v) is 13.6. The Morgan fingerprint density at radius 3 is 1.80 bits per heavy atom. The minimum absolute atomic E-state index is 0.0950. The molecule has 22 unspecified atom stereocenters. The topological polar surface area (TPSA) is 354 Å². The highest BCUT2D eigenvalue weighted by atomic mass is 16.8. The number of ether oxygens (including phenoxy) is 8. The summed E-state index contributed by atoms with van der Waals surface area (Å²) in [7, 11) is 0. The zero-order valence-corrected chi connectivity index (χ0v) is 27.4. The number of hydrogen-bond donors (Lipinski definition) is 13. The van der Waals surface area contributed by atoms with E-state index in [1.807, 2.05) is 0 Å². The number of rotatable bonds is 11. The number of aliphatic hydroxyl groups excluding tert-OH is 10. The second kappa shape index (κ2) is 17.1. The molecule has 16 N–H and O–H groups in total. The molecular weight excluding hydrogens is 678 g/mol. The van der Waals surface area contributed by atoms with Crippen LogP contribution in [0.4, 0.5) is 0 Å². The van der Waals surface area contributed by atoms with Crippen molar-refractivity contribution in [3.8, 4) is 0 Å². The maximum atomic E-state index is 11.3. The van der Waals surface area contributed by atoms with Crippen molar-refractivity contribution in [1.82, 2.24) is 0 Å². The average molecular weight is 732 g/mol. The van der Waals surface area contributed by atoms with Gasteiger partial charge in [-0.1, -0.05) is 0 Å². The van der Waals surface area contributed by atoms with Crippen LogP contribution in [-0.4, -0.2) is 206 Å². The monoisotopic (exact) mass is 731 g/mol. The molecule has 0 aromatic carbocycles. The van der Waals surface area contributed by atoms with Gasteiger partial charge in [-0.15, -0.1) is 0 Å². The van der Waals surface area contributed by atoms with Crippen molar-refractivity contribution in [1.29, 1.82) is 0 Å². The normalized spacial score (nSPS) is 53.4. The van der Waals surface area contributed by atoms with E-state index in [2.05, 4.69) is 0 Å². The average Bonchev–Trinajstić information content (AvgIpc) is 3.39. The van der Waals surface area contributed by atoms with Crippen LogP contribution in [0.2, 0.25) is 0 Å². The molecule has 4 heterocycles. The van der Waals surface area contributed by atoms with Crippen LogP contribution in [-0.2, 0) is 37.9 Å². The highest BCUT2D eigenvalue weighted by Crippen LogP contribution is 2.35. The predicted molar refractivity (Wildman–Crippen MR) is 161 cm³/mol. The van der Waals surface area contributed by atoms with E-state index < -0.39 is 148 Å². The Bertz CT molecular complexity index is 1070. The standard InChI is InChI=1S/C29H53N3O18/c1-8-23(48-28-21(41)20(40)18(38)13(6-34)46-28)19(39)16(32)27(43-8)49-25-14(7-35)47-29(22(25)42)50-24-12(3-2-10(30)17(24)37)45-26-15(31)11(36)4-9(5-33)44-26/h8-29,33-42H,2-7,30-32H2,1H3. The summed E-state index contributed by atoms with van der Waals surface area (Å²) in [6.07, 6.45) is -24.5. The second-order valence-electron chi connectivity index (χ2n) is 13.6. The van der Waals surface area contributed by atoms with Crippen molar-refractivity contribution in [3.63, 3.8) is 0 Å². The van der Waals surface area contributed by atoms with Gasteiger partial charge in [0.15, 0.2) is 25.2 Å². The molecule has 0 amide bonds. The van der Waals surface area contributed by atoms with Crippen molar-refractivity contribution in [3.05, 3.63) is 0 Å². The summed E-state index contributed by atoms with van der Waals surface area (Å²) in [5, 5.41) is 103. The first-order valence-electron chi connectivity index (χ1n) is 16.8. The van der Waals surface area contributed by atoms with Crippen molar-refractivity contribution >= 4 is 0 Å². The number of hydrogen-bond acceptors (Lipinski definition) is 21. The molecule has 0 aromatic rings. The van der Waals surface area contributed by atoms with Crippen LogP contribution in [0.1, 0.15) is 26.2 Å². The van der Waals surface area contributed by atoms with Crippen LogP contribution in [0.5, 0.6) is 0 Å². The van der Waals surface area contributed by atoms with Crippen LogP contribution in [0.15, 0.2) is 0 Å². The largest absolute Gasteiger partial charge is 0.394 e. The first kappa shape index (κ1) is 40.3. The lowest BCUT2D eigenvalue weighted by Crippen LogP contribution is -2.66. The van der Waals surface area contributed by atoms with Crippen LogP contribution in [0, 0.1) is 0 Å². The van der Waals surface area contributed by atoms with E-state index in [4.69, 9.17) is 55.1 Å². The molecule has 21 heteroatoms. The van der Waals surface area contributed by atoms with Crippen molar-refractivity contribution in [2.45, 2.75) is 161 Å². The third-order valence-corrected chi connectivity index (χ3v) is 10.1. The van der Waals surface area contributed by atoms with E-state index in [1.54, 1.807) is 0 Å². The third-order valence-electron chi connectivity index (χ3n) is 10.1. The molecule has 5 rings (SSSR count). The Morgan fingerprint density at radius 2 is 1.14 bits per heavy atom. The fraction of sp³-hybridized carbons (Fsp3) is 1.00. The van der Waals surface area contributed by atoms with Crippen molar-refractivity contribution < 1.29 is 89.0 Å². The van der Waals surface area contributed by atoms with Gasteiger partial charge in [0.2, 0.25) is 0 Å². The molecule has 1 saturated carbocycles. The molecule has 0 aromatic heterocycles.